The Bertz CT molecular complexity index is 824. The molecule has 5 heteroatoms. The number of halogens is 2. The van der Waals surface area contributed by atoms with E-state index in [2.05, 4.69) is 0 Å². The Hall–Kier alpha value is -2.69. The van der Waals surface area contributed by atoms with E-state index in [0.29, 0.717) is 5.69 Å². The van der Waals surface area contributed by atoms with Crippen molar-refractivity contribution in [3.63, 3.8) is 0 Å². The van der Waals surface area contributed by atoms with E-state index in [1.807, 2.05) is 0 Å². The Kier molecular flexibility index (Phi) is 2.75. The number of carboxylic acids is 1. The molecule has 0 radical (unpaired) electrons. The van der Waals surface area contributed by atoms with Crippen molar-refractivity contribution in [2.45, 2.75) is 0 Å². The van der Waals surface area contributed by atoms with Crippen LogP contribution in [0.25, 0.3) is 16.6 Å². The molecular weight excluding hydrogens is 264 g/mol. The number of benzene rings is 2. The third-order valence-corrected chi connectivity index (χ3v) is 3.12. The molecule has 20 heavy (non-hydrogen) atoms. The Morgan fingerprint density at radius 3 is 2.50 bits per heavy atom. The summed E-state index contributed by atoms with van der Waals surface area (Å²) in [7, 11) is 0. The van der Waals surface area contributed by atoms with Gasteiger partial charge in [-0.05, 0) is 36.4 Å². The molecule has 0 saturated heterocycles. The molecule has 3 rings (SSSR count). The van der Waals surface area contributed by atoms with Crippen LogP contribution in [0.4, 0.5) is 8.78 Å². The molecule has 0 aliphatic rings. The van der Waals surface area contributed by atoms with Crippen LogP contribution in [0.15, 0.2) is 48.7 Å². The molecule has 1 heterocycles. The summed E-state index contributed by atoms with van der Waals surface area (Å²) in [6.07, 6.45) is 1.68. The highest BCUT2D eigenvalue weighted by atomic mass is 19.2. The minimum absolute atomic E-state index is 0.181. The molecule has 2 aromatic carbocycles. The summed E-state index contributed by atoms with van der Waals surface area (Å²) in [4.78, 5) is 10.9. The van der Waals surface area contributed by atoms with E-state index in [0.717, 1.165) is 23.0 Å². The van der Waals surface area contributed by atoms with E-state index in [-0.39, 0.29) is 5.56 Å². The molecule has 3 nitrogen and oxygen atoms in total. The van der Waals surface area contributed by atoms with Crippen molar-refractivity contribution in [2.75, 3.05) is 0 Å². The van der Waals surface area contributed by atoms with Gasteiger partial charge in [0, 0.05) is 23.3 Å². The zero-order valence-corrected chi connectivity index (χ0v) is 10.2. The van der Waals surface area contributed by atoms with Gasteiger partial charge in [-0.25, -0.2) is 13.6 Å². The normalized spacial score (nSPS) is 10.9. The van der Waals surface area contributed by atoms with Gasteiger partial charge in [-0.15, -0.1) is 0 Å². The maximum Gasteiger partial charge on any atom is 0.335 e. The maximum atomic E-state index is 13.3. The minimum Gasteiger partial charge on any atom is -0.478 e. The number of rotatable bonds is 2. The highest BCUT2D eigenvalue weighted by molar-refractivity contribution is 5.94. The summed E-state index contributed by atoms with van der Waals surface area (Å²) >= 11 is 0. The number of aromatic nitrogens is 1. The topological polar surface area (TPSA) is 42.2 Å². The lowest BCUT2D eigenvalue weighted by atomic mass is 10.1. The van der Waals surface area contributed by atoms with Crippen LogP contribution >= 0.6 is 0 Å². The van der Waals surface area contributed by atoms with E-state index in [1.54, 1.807) is 22.9 Å². The fourth-order valence-corrected chi connectivity index (χ4v) is 2.14. The van der Waals surface area contributed by atoms with Gasteiger partial charge in [0.2, 0.25) is 0 Å². The van der Waals surface area contributed by atoms with Crippen LogP contribution in [0.2, 0.25) is 0 Å². The second-order valence-electron chi connectivity index (χ2n) is 4.36. The zero-order valence-electron chi connectivity index (χ0n) is 10.2. The predicted molar refractivity (Wildman–Crippen MR) is 70.2 cm³/mol. The van der Waals surface area contributed by atoms with Crippen molar-refractivity contribution in [3.05, 3.63) is 65.9 Å². The molecule has 0 saturated carbocycles. The largest absolute Gasteiger partial charge is 0.478 e. The average molecular weight is 273 g/mol. The fourth-order valence-electron chi connectivity index (χ4n) is 2.14. The van der Waals surface area contributed by atoms with Gasteiger partial charge in [-0.3, -0.25) is 0 Å². The first-order chi connectivity index (χ1) is 9.56. The Morgan fingerprint density at radius 1 is 1.00 bits per heavy atom. The summed E-state index contributed by atoms with van der Waals surface area (Å²) in [5.74, 6) is -2.84. The molecule has 0 bridgehead atoms. The van der Waals surface area contributed by atoms with Gasteiger partial charge in [0.05, 0.1) is 11.1 Å². The van der Waals surface area contributed by atoms with Crippen LogP contribution in [-0.2, 0) is 0 Å². The van der Waals surface area contributed by atoms with Crippen LogP contribution in [-0.4, -0.2) is 15.6 Å². The summed E-state index contributed by atoms with van der Waals surface area (Å²) in [5, 5.41) is 9.65. The van der Waals surface area contributed by atoms with Gasteiger partial charge in [-0.1, -0.05) is 0 Å². The highest BCUT2D eigenvalue weighted by Crippen LogP contribution is 2.23. The van der Waals surface area contributed by atoms with Gasteiger partial charge in [0.15, 0.2) is 11.6 Å². The number of hydrogen-bond acceptors (Lipinski definition) is 1. The van der Waals surface area contributed by atoms with Crippen molar-refractivity contribution in [1.82, 2.24) is 4.57 Å². The SMILES string of the molecule is O=C(O)c1ccc2c(ccn2-c2ccc(F)c(F)c2)c1. The lowest BCUT2D eigenvalue weighted by molar-refractivity contribution is 0.0697. The van der Waals surface area contributed by atoms with Crippen LogP contribution < -0.4 is 0 Å². The van der Waals surface area contributed by atoms with Gasteiger partial charge in [-0.2, -0.15) is 0 Å². The van der Waals surface area contributed by atoms with Gasteiger partial charge < -0.3 is 9.67 Å². The average Bonchev–Trinajstić information content (AvgIpc) is 2.84. The lowest BCUT2D eigenvalue weighted by Crippen LogP contribution is -1.97. The van der Waals surface area contributed by atoms with E-state index >= 15 is 0 Å². The van der Waals surface area contributed by atoms with Gasteiger partial charge in [0.1, 0.15) is 0 Å². The summed E-state index contributed by atoms with van der Waals surface area (Å²) < 4.78 is 27.9. The lowest BCUT2D eigenvalue weighted by Gasteiger charge is -2.06. The summed E-state index contributed by atoms with van der Waals surface area (Å²) in [6.45, 7) is 0. The molecule has 0 aliphatic carbocycles. The first-order valence-electron chi connectivity index (χ1n) is 5.86. The molecule has 0 spiro atoms. The van der Waals surface area contributed by atoms with E-state index in [4.69, 9.17) is 5.11 Å². The third kappa shape index (κ3) is 1.93. The first kappa shape index (κ1) is 12.3. The molecule has 0 atom stereocenters. The zero-order chi connectivity index (χ0) is 14.3. The second kappa shape index (κ2) is 4.45. The predicted octanol–water partition coefficient (Wildman–Crippen LogP) is 3.61. The van der Waals surface area contributed by atoms with Crippen LogP contribution in [0.5, 0.6) is 0 Å². The quantitative estimate of drug-likeness (QED) is 0.775. The van der Waals surface area contributed by atoms with Crippen molar-refractivity contribution >= 4 is 16.9 Å². The van der Waals surface area contributed by atoms with Crippen LogP contribution in [0, 0.1) is 11.6 Å². The number of fused-ring (bicyclic) bond motifs is 1. The van der Waals surface area contributed by atoms with Crippen molar-refractivity contribution < 1.29 is 18.7 Å². The van der Waals surface area contributed by atoms with E-state index in [9.17, 15) is 13.6 Å². The minimum atomic E-state index is -1.01. The molecule has 1 aromatic heterocycles. The van der Waals surface area contributed by atoms with Gasteiger partial charge in [0.25, 0.3) is 0 Å². The molecule has 0 aliphatic heterocycles. The fraction of sp³-hybridized carbons (Fsp3) is 0. The molecule has 0 fully saturated rings. The van der Waals surface area contributed by atoms with E-state index in [1.165, 1.54) is 18.2 Å². The standard InChI is InChI=1S/C15H9F2NO2/c16-12-3-2-11(8-13(12)17)18-6-5-9-7-10(15(19)20)1-4-14(9)18/h1-8H,(H,19,20). The summed E-state index contributed by atoms with van der Waals surface area (Å²) in [6, 6.07) is 9.99. The number of aromatic carboxylic acids is 1. The molecule has 0 unspecified atom stereocenters. The third-order valence-electron chi connectivity index (χ3n) is 3.12. The van der Waals surface area contributed by atoms with Crippen LogP contribution in [0.3, 0.4) is 0 Å². The molecule has 1 N–H and O–H groups in total. The van der Waals surface area contributed by atoms with Crippen molar-refractivity contribution in [3.8, 4) is 5.69 Å². The van der Waals surface area contributed by atoms with E-state index < -0.39 is 17.6 Å². The molecule has 3 aromatic rings. The highest BCUT2D eigenvalue weighted by Gasteiger charge is 2.09. The molecule has 0 amide bonds. The maximum absolute atomic E-state index is 13.3. The number of nitrogens with zero attached hydrogens (tertiary/aromatic N) is 1. The smallest absolute Gasteiger partial charge is 0.335 e. The molecule has 100 valence electrons. The number of hydrogen-bond donors (Lipinski definition) is 1. The molecular formula is C15H9F2NO2. The number of carbonyl (C=O) groups is 1. The second-order valence-corrected chi connectivity index (χ2v) is 4.36. The first-order valence-corrected chi connectivity index (χ1v) is 5.86. The van der Waals surface area contributed by atoms with Crippen molar-refractivity contribution in [1.29, 1.82) is 0 Å². The summed E-state index contributed by atoms with van der Waals surface area (Å²) in [5.41, 5.74) is 1.38. The Balaban J connectivity index is 2.17. The Labute approximate surface area is 112 Å². The van der Waals surface area contributed by atoms with Crippen LogP contribution in [0.1, 0.15) is 10.4 Å². The monoisotopic (exact) mass is 273 g/mol. The Morgan fingerprint density at radius 2 is 1.80 bits per heavy atom. The number of carboxylic acid groups (broad SMARTS) is 1. The van der Waals surface area contributed by atoms with Crippen molar-refractivity contribution in [2.24, 2.45) is 0 Å². The van der Waals surface area contributed by atoms with Gasteiger partial charge >= 0.3 is 5.97 Å².